The van der Waals surface area contributed by atoms with Crippen LogP contribution in [-0.4, -0.2) is 10.8 Å². The minimum absolute atomic E-state index is 0.00140. The molecule has 0 radical (unpaired) electrons. The lowest BCUT2D eigenvalue weighted by Gasteiger charge is -2.19. The lowest BCUT2D eigenvalue weighted by atomic mass is 9.91. The summed E-state index contributed by atoms with van der Waals surface area (Å²) in [6.07, 6.45) is 1.68. The Hall–Kier alpha value is -2.76. The predicted octanol–water partition coefficient (Wildman–Crippen LogP) is 7.43. The molecule has 0 amide bonds. The van der Waals surface area contributed by atoms with E-state index in [0.29, 0.717) is 23.3 Å². The molecule has 2 aromatic carbocycles. The van der Waals surface area contributed by atoms with Gasteiger partial charge in [0, 0.05) is 28.9 Å². The average molecular weight is 456 g/mol. The molecule has 1 heterocycles. The Kier molecular flexibility index (Phi) is 5.71. The van der Waals surface area contributed by atoms with Gasteiger partial charge in [-0.25, -0.2) is 0 Å². The molecule has 0 saturated heterocycles. The van der Waals surface area contributed by atoms with Gasteiger partial charge in [0.05, 0.1) is 5.56 Å². The van der Waals surface area contributed by atoms with E-state index in [9.17, 15) is 18.0 Å². The van der Waals surface area contributed by atoms with E-state index in [-0.39, 0.29) is 24.2 Å². The molecule has 5 rings (SSSR count). The van der Waals surface area contributed by atoms with Crippen molar-refractivity contribution in [2.45, 2.75) is 76.5 Å². The van der Waals surface area contributed by atoms with Crippen LogP contribution in [0.4, 0.5) is 13.2 Å². The van der Waals surface area contributed by atoms with Crippen LogP contribution in [0.5, 0.6) is 5.75 Å². The first-order valence-electron chi connectivity index (χ1n) is 11.8. The van der Waals surface area contributed by atoms with Crippen LogP contribution in [0.15, 0.2) is 36.4 Å². The lowest BCUT2D eigenvalue weighted by Crippen LogP contribution is -2.12. The number of hydrogen-bond donors (Lipinski definition) is 1. The fraction of sp³-hybridized carbons (Fsp3) is 0.444. The number of aromatic amines is 1. The molecule has 0 unspecified atom stereocenters. The van der Waals surface area contributed by atoms with Gasteiger partial charge in [-0.1, -0.05) is 25.0 Å². The quantitative estimate of drug-likeness (QED) is 0.420. The van der Waals surface area contributed by atoms with Gasteiger partial charge < -0.3 is 14.5 Å². The molecule has 3 aromatic rings. The molecule has 1 N–H and O–H groups in total. The molecule has 0 bridgehead atoms. The van der Waals surface area contributed by atoms with E-state index < -0.39 is 11.7 Å². The highest BCUT2D eigenvalue weighted by Crippen LogP contribution is 2.43. The number of alkyl halides is 3. The second kappa shape index (κ2) is 8.54. The van der Waals surface area contributed by atoms with Crippen LogP contribution in [0.2, 0.25) is 0 Å². The van der Waals surface area contributed by atoms with Gasteiger partial charge in [0.15, 0.2) is 0 Å². The fourth-order valence-electron chi connectivity index (χ4n) is 5.67. The normalized spacial score (nSPS) is 18.7. The number of nitrogens with one attached hydrogen (secondary N) is 1. The van der Waals surface area contributed by atoms with Gasteiger partial charge in [0.1, 0.15) is 18.1 Å². The number of fused-ring (bicyclic) bond motifs is 3. The molecule has 1 atom stereocenters. The number of ether oxygens (including phenoxy) is 1. The molecule has 1 saturated carbocycles. The van der Waals surface area contributed by atoms with Crippen molar-refractivity contribution in [3.8, 4) is 5.75 Å². The minimum Gasteiger partial charge on any atom is -0.489 e. The van der Waals surface area contributed by atoms with Crippen LogP contribution in [-0.2, 0) is 24.0 Å². The summed E-state index contributed by atoms with van der Waals surface area (Å²) in [5.74, 6) is 1.05. The number of H-pyrrole nitrogens is 1. The molecule has 1 aromatic heterocycles. The molecule has 0 spiro atoms. The number of ketones is 1. The van der Waals surface area contributed by atoms with Crippen LogP contribution >= 0.6 is 0 Å². The molecular weight excluding hydrogens is 427 g/mol. The third kappa shape index (κ3) is 4.40. The second-order valence-corrected chi connectivity index (χ2v) is 9.56. The Morgan fingerprint density at radius 3 is 2.61 bits per heavy atom. The highest BCUT2D eigenvalue weighted by molar-refractivity contribution is 5.87. The minimum atomic E-state index is -4.37. The standard InChI is InChI=1S/C27H28F3NO2/c1-16(32)12-19-7-10-22-23-14-20(8-11-25(23)31-26(19)22)33-15-17-6-9-21(18-4-2-3-5-18)24(13-17)27(28,29)30/h6,8-9,11,13-14,18-19,31H,2-5,7,10,12,15H2,1H3/t19-/m1/s1. The Labute approximate surface area is 191 Å². The van der Waals surface area contributed by atoms with Crippen molar-refractivity contribution in [2.75, 3.05) is 0 Å². The van der Waals surface area contributed by atoms with Crippen molar-refractivity contribution in [3.63, 3.8) is 0 Å². The van der Waals surface area contributed by atoms with Crippen LogP contribution in [0.3, 0.4) is 0 Å². The zero-order valence-corrected chi connectivity index (χ0v) is 18.7. The lowest BCUT2D eigenvalue weighted by molar-refractivity contribution is -0.138. The van der Waals surface area contributed by atoms with E-state index >= 15 is 0 Å². The van der Waals surface area contributed by atoms with Crippen LogP contribution in [0, 0.1) is 0 Å². The number of aromatic nitrogens is 1. The summed E-state index contributed by atoms with van der Waals surface area (Å²) in [5, 5.41) is 1.07. The Morgan fingerprint density at radius 1 is 1.09 bits per heavy atom. The number of rotatable bonds is 6. The molecule has 6 heteroatoms. The van der Waals surface area contributed by atoms with E-state index in [4.69, 9.17) is 4.74 Å². The molecule has 2 aliphatic rings. The smallest absolute Gasteiger partial charge is 0.416 e. The van der Waals surface area contributed by atoms with Gasteiger partial charge in [-0.05, 0) is 79.5 Å². The van der Waals surface area contributed by atoms with Gasteiger partial charge in [0.2, 0.25) is 0 Å². The first-order valence-corrected chi connectivity index (χ1v) is 11.8. The Bertz CT molecular complexity index is 1190. The summed E-state index contributed by atoms with van der Waals surface area (Å²) in [7, 11) is 0. The van der Waals surface area contributed by atoms with Crippen molar-refractivity contribution in [2.24, 2.45) is 0 Å². The number of benzene rings is 2. The molecule has 3 nitrogen and oxygen atoms in total. The fourth-order valence-corrected chi connectivity index (χ4v) is 5.67. The summed E-state index contributed by atoms with van der Waals surface area (Å²) in [4.78, 5) is 15.0. The molecule has 174 valence electrons. The molecular formula is C27H28F3NO2. The van der Waals surface area contributed by atoms with Gasteiger partial charge in [0.25, 0.3) is 0 Å². The predicted molar refractivity (Wildman–Crippen MR) is 122 cm³/mol. The van der Waals surface area contributed by atoms with E-state index in [2.05, 4.69) is 4.98 Å². The molecule has 33 heavy (non-hydrogen) atoms. The van der Waals surface area contributed by atoms with Crippen molar-refractivity contribution in [1.82, 2.24) is 4.98 Å². The van der Waals surface area contributed by atoms with E-state index in [1.165, 1.54) is 11.6 Å². The number of hydrogen-bond acceptors (Lipinski definition) is 2. The van der Waals surface area contributed by atoms with Crippen LogP contribution in [0.25, 0.3) is 10.9 Å². The maximum Gasteiger partial charge on any atom is 0.416 e. The van der Waals surface area contributed by atoms with Gasteiger partial charge >= 0.3 is 6.18 Å². The highest BCUT2D eigenvalue weighted by Gasteiger charge is 2.36. The van der Waals surface area contributed by atoms with E-state index in [1.54, 1.807) is 19.1 Å². The molecule has 0 aliphatic heterocycles. The SMILES string of the molecule is CC(=O)C[C@H]1CCc2c1[nH]c1ccc(OCc3ccc(C4CCCC4)c(C(F)(F)F)c3)cc21. The topological polar surface area (TPSA) is 42.1 Å². The maximum absolute atomic E-state index is 13.8. The van der Waals surface area contributed by atoms with Gasteiger partial charge in [-0.2, -0.15) is 13.2 Å². The molecule has 2 aliphatic carbocycles. The Morgan fingerprint density at radius 2 is 1.88 bits per heavy atom. The zero-order chi connectivity index (χ0) is 23.2. The Balaban J connectivity index is 1.36. The molecule has 1 fully saturated rings. The van der Waals surface area contributed by atoms with Crippen LogP contribution < -0.4 is 4.74 Å². The number of carbonyl (C=O) groups excluding carboxylic acids is 1. The zero-order valence-electron chi connectivity index (χ0n) is 18.7. The largest absolute Gasteiger partial charge is 0.489 e. The van der Waals surface area contributed by atoms with Crippen LogP contribution in [0.1, 0.15) is 85.2 Å². The second-order valence-electron chi connectivity index (χ2n) is 9.56. The maximum atomic E-state index is 13.8. The average Bonchev–Trinajstić information content (AvgIpc) is 3.49. The number of Topliss-reactive ketones (excluding diaryl/α,β-unsaturated/α-hetero) is 1. The van der Waals surface area contributed by atoms with Crippen molar-refractivity contribution in [1.29, 1.82) is 0 Å². The van der Waals surface area contributed by atoms with Crippen molar-refractivity contribution < 1.29 is 22.7 Å². The number of aryl methyl sites for hydroxylation is 1. The third-order valence-corrected chi connectivity index (χ3v) is 7.22. The van der Waals surface area contributed by atoms with E-state index in [1.807, 2.05) is 18.2 Å². The van der Waals surface area contributed by atoms with E-state index in [0.717, 1.165) is 55.1 Å². The van der Waals surface area contributed by atoms with Crippen molar-refractivity contribution >= 4 is 16.7 Å². The van der Waals surface area contributed by atoms with Crippen molar-refractivity contribution in [3.05, 3.63) is 64.3 Å². The summed E-state index contributed by atoms with van der Waals surface area (Å²) in [6, 6.07) is 10.4. The first-order chi connectivity index (χ1) is 15.8. The number of carbonyl (C=O) groups is 1. The summed E-state index contributed by atoms with van der Waals surface area (Å²) < 4.78 is 47.2. The third-order valence-electron chi connectivity index (χ3n) is 7.22. The number of halogens is 3. The summed E-state index contributed by atoms with van der Waals surface area (Å²) >= 11 is 0. The monoisotopic (exact) mass is 455 g/mol. The summed E-state index contributed by atoms with van der Waals surface area (Å²) in [5.41, 5.74) is 3.78. The van der Waals surface area contributed by atoms with Gasteiger partial charge in [-0.15, -0.1) is 0 Å². The first kappa shape index (κ1) is 22.1. The highest BCUT2D eigenvalue weighted by atomic mass is 19.4. The summed E-state index contributed by atoms with van der Waals surface area (Å²) in [6.45, 7) is 1.70. The van der Waals surface area contributed by atoms with Gasteiger partial charge in [-0.3, -0.25) is 0 Å².